The third-order valence-corrected chi connectivity index (χ3v) is 5.43. The zero-order chi connectivity index (χ0) is 23.3. The van der Waals surface area contributed by atoms with Crippen LogP contribution in [0.3, 0.4) is 0 Å². The van der Waals surface area contributed by atoms with Crippen LogP contribution in [0.2, 0.25) is 0 Å². The van der Waals surface area contributed by atoms with Gasteiger partial charge >= 0.3 is 5.97 Å². The van der Waals surface area contributed by atoms with Crippen molar-refractivity contribution in [1.29, 1.82) is 0 Å². The summed E-state index contributed by atoms with van der Waals surface area (Å²) in [5.41, 5.74) is 3.59. The predicted octanol–water partition coefficient (Wildman–Crippen LogP) is 3.70. The van der Waals surface area contributed by atoms with Gasteiger partial charge in [0.15, 0.2) is 0 Å². The van der Waals surface area contributed by atoms with Gasteiger partial charge in [0.25, 0.3) is 0 Å². The molecule has 8 heteroatoms. The lowest BCUT2D eigenvalue weighted by molar-refractivity contribution is -0.137. The van der Waals surface area contributed by atoms with Crippen LogP contribution in [0.15, 0.2) is 47.6 Å². The first kappa shape index (κ1) is 23.1. The molecule has 0 unspecified atom stereocenters. The standard InChI is InChI=1S/C24H29N3O5/c1-26(2)18-10-8-16(9-11-18)22-15-21(17-12-19(31-3)14-20(13-17)32-4)25-27(22)23(28)6-5-7-24(29)30/h8-14,22H,5-7,15H2,1-4H3,(H,29,30)/t22-/m1/s1. The zero-order valence-electron chi connectivity index (χ0n) is 18.9. The maximum Gasteiger partial charge on any atom is 0.303 e. The molecule has 0 aromatic heterocycles. The van der Waals surface area contributed by atoms with Crippen LogP contribution in [0.25, 0.3) is 0 Å². The fourth-order valence-electron chi connectivity index (χ4n) is 3.65. The second kappa shape index (κ2) is 10.2. The maximum absolute atomic E-state index is 13.0. The van der Waals surface area contributed by atoms with Gasteiger partial charge in [0.05, 0.1) is 26.0 Å². The van der Waals surface area contributed by atoms with Gasteiger partial charge in [0.1, 0.15) is 11.5 Å². The Morgan fingerprint density at radius 1 is 1.06 bits per heavy atom. The third kappa shape index (κ3) is 5.38. The van der Waals surface area contributed by atoms with E-state index in [2.05, 4.69) is 5.10 Å². The number of benzene rings is 2. The number of hydrazone groups is 1. The van der Waals surface area contributed by atoms with E-state index in [1.165, 1.54) is 5.01 Å². The molecular formula is C24H29N3O5. The highest BCUT2D eigenvalue weighted by molar-refractivity contribution is 6.03. The van der Waals surface area contributed by atoms with E-state index in [4.69, 9.17) is 14.6 Å². The number of carbonyl (C=O) groups excluding carboxylic acids is 1. The number of rotatable bonds is 9. The fraction of sp³-hybridized carbons (Fsp3) is 0.375. The van der Waals surface area contributed by atoms with Gasteiger partial charge in [-0.05, 0) is 36.2 Å². The zero-order valence-corrected chi connectivity index (χ0v) is 18.9. The first-order valence-corrected chi connectivity index (χ1v) is 10.4. The van der Waals surface area contributed by atoms with Crippen LogP contribution >= 0.6 is 0 Å². The van der Waals surface area contributed by atoms with Gasteiger partial charge in [0.2, 0.25) is 5.91 Å². The number of amides is 1. The summed E-state index contributed by atoms with van der Waals surface area (Å²) in [4.78, 5) is 25.8. The molecule has 1 aliphatic rings. The maximum atomic E-state index is 13.0. The van der Waals surface area contributed by atoms with E-state index >= 15 is 0 Å². The number of aliphatic carboxylic acids is 1. The molecule has 3 rings (SSSR count). The van der Waals surface area contributed by atoms with Crippen LogP contribution in [-0.2, 0) is 9.59 Å². The highest BCUT2D eigenvalue weighted by Crippen LogP contribution is 2.35. The summed E-state index contributed by atoms with van der Waals surface area (Å²) in [6.45, 7) is 0. The molecule has 2 aromatic carbocycles. The molecule has 0 bridgehead atoms. The van der Waals surface area contributed by atoms with E-state index in [9.17, 15) is 9.59 Å². The van der Waals surface area contributed by atoms with Crippen LogP contribution in [0.4, 0.5) is 5.69 Å². The lowest BCUT2D eigenvalue weighted by Crippen LogP contribution is -2.27. The molecule has 0 saturated heterocycles. The Bertz CT molecular complexity index is 979. The van der Waals surface area contributed by atoms with Crippen molar-refractivity contribution in [2.75, 3.05) is 33.2 Å². The Morgan fingerprint density at radius 2 is 1.69 bits per heavy atom. The third-order valence-electron chi connectivity index (χ3n) is 5.43. The van der Waals surface area contributed by atoms with Gasteiger partial charge in [0, 0.05) is 50.7 Å². The van der Waals surface area contributed by atoms with E-state index in [0.29, 0.717) is 17.9 Å². The van der Waals surface area contributed by atoms with Crippen molar-refractivity contribution in [2.45, 2.75) is 31.7 Å². The molecule has 1 N–H and O–H groups in total. The normalized spacial score (nSPS) is 15.3. The number of hydrogen-bond donors (Lipinski definition) is 1. The van der Waals surface area contributed by atoms with E-state index in [-0.39, 0.29) is 31.2 Å². The Morgan fingerprint density at radius 3 is 2.22 bits per heavy atom. The minimum Gasteiger partial charge on any atom is -0.497 e. The van der Waals surface area contributed by atoms with Crippen molar-refractivity contribution < 1.29 is 24.2 Å². The molecule has 1 amide bonds. The van der Waals surface area contributed by atoms with E-state index < -0.39 is 5.97 Å². The Balaban J connectivity index is 1.92. The van der Waals surface area contributed by atoms with Gasteiger partial charge in [-0.25, -0.2) is 5.01 Å². The largest absolute Gasteiger partial charge is 0.497 e. The number of methoxy groups -OCH3 is 2. The van der Waals surface area contributed by atoms with E-state index in [1.54, 1.807) is 20.3 Å². The molecular weight excluding hydrogens is 410 g/mol. The van der Waals surface area contributed by atoms with Gasteiger partial charge in [-0.15, -0.1) is 0 Å². The monoisotopic (exact) mass is 439 g/mol. The first-order valence-electron chi connectivity index (χ1n) is 10.4. The number of ether oxygens (including phenoxy) is 2. The Labute approximate surface area is 188 Å². The minimum atomic E-state index is -0.914. The summed E-state index contributed by atoms with van der Waals surface area (Å²) in [6.07, 6.45) is 0.874. The van der Waals surface area contributed by atoms with Crippen molar-refractivity contribution in [3.63, 3.8) is 0 Å². The predicted molar refractivity (Wildman–Crippen MR) is 123 cm³/mol. The van der Waals surface area contributed by atoms with Crippen molar-refractivity contribution in [1.82, 2.24) is 5.01 Å². The summed E-state index contributed by atoms with van der Waals surface area (Å²) >= 11 is 0. The number of carboxylic acid groups (broad SMARTS) is 1. The Hall–Kier alpha value is -3.55. The molecule has 170 valence electrons. The lowest BCUT2D eigenvalue weighted by Gasteiger charge is -2.23. The molecule has 32 heavy (non-hydrogen) atoms. The van der Waals surface area contributed by atoms with Crippen LogP contribution in [0, 0.1) is 0 Å². The molecule has 0 fully saturated rings. The highest BCUT2D eigenvalue weighted by atomic mass is 16.5. The molecule has 1 heterocycles. The Kier molecular flexibility index (Phi) is 7.35. The minimum absolute atomic E-state index is 0.0502. The average molecular weight is 440 g/mol. The molecule has 0 aliphatic carbocycles. The summed E-state index contributed by atoms with van der Waals surface area (Å²) in [5, 5.41) is 15.0. The molecule has 1 aliphatic heterocycles. The van der Waals surface area contributed by atoms with Crippen LogP contribution < -0.4 is 14.4 Å². The first-order chi connectivity index (χ1) is 15.3. The topological polar surface area (TPSA) is 91.7 Å². The van der Waals surface area contributed by atoms with Crippen LogP contribution in [-0.4, -0.2) is 56.0 Å². The lowest BCUT2D eigenvalue weighted by atomic mass is 9.97. The highest BCUT2D eigenvalue weighted by Gasteiger charge is 2.33. The van der Waals surface area contributed by atoms with Crippen molar-refractivity contribution in [2.24, 2.45) is 5.10 Å². The second-order valence-electron chi connectivity index (χ2n) is 7.84. The number of hydrogen-bond acceptors (Lipinski definition) is 6. The molecule has 8 nitrogen and oxygen atoms in total. The van der Waals surface area contributed by atoms with Crippen LogP contribution in [0.5, 0.6) is 11.5 Å². The second-order valence-corrected chi connectivity index (χ2v) is 7.84. The van der Waals surface area contributed by atoms with Crippen molar-refractivity contribution >= 4 is 23.3 Å². The fourth-order valence-corrected chi connectivity index (χ4v) is 3.65. The molecule has 0 saturated carbocycles. The number of anilines is 1. The summed E-state index contributed by atoms with van der Waals surface area (Å²) in [7, 11) is 7.12. The summed E-state index contributed by atoms with van der Waals surface area (Å²) in [5.74, 6) is 0.167. The number of carbonyl (C=O) groups is 2. The average Bonchev–Trinajstić information content (AvgIpc) is 3.24. The summed E-state index contributed by atoms with van der Waals surface area (Å²) < 4.78 is 10.8. The van der Waals surface area contributed by atoms with E-state index in [0.717, 1.165) is 22.5 Å². The molecule has 1 atom stereocenters. The SMILES string of the molecule is COc1cc(OC)cc(C2=NN(C(=O)CCCC(=O)O)[C@@H](c3ccc(N(C)C)cc3)C2)c1. The van der Waals surface area contributed by atoms with Gasteiger partial charge in [-0.1, -0.05) is 12.1 Å². The van der Waals surface area contributed by atoms with Gasteiger partial charge < -0.3 is 19.5 Å². The van der Waals surface area contributed by atoms with Crippen molar-refractivity contribution in [3.05, 3.63) is 53.6 Å². The molecule has 0 radical (unpaired) electrons. The van der Waals surface area contributed by atoms with Gasteiger partial charge in [-0.3, -0.25) is 9.59 Å². The summed E-state index contributed by atoms with van der Waals surface area (Å²) in [6, 6.07) is 13.3. The van der Waals surface area contributed by atoms with Crippen molar-refractivity contribution in [3.8, 4) is 11.5 Å². The smallest absolute Gasteiger partial charge is 0.303 e. The molecule has 0 spiro atoms. The van der Waals surface area contributed by atoms with Gasteiger partial charge in [-0.2, -0.15) is 5.10 Å². The van der Waals surface area contributed by atoms with Crippen LogP contribution in [0.1, 0.15) is 42.9 Å². The number of nitrogens with zero attached hydrogens (tertiary/aromatic N) is 3. The number of carboxylic acids is 1. The molecule has 2 aromatic rings. The van der Waals surface area contributed by atoms with E-state index in [1.807, 2.05) is 55.4 Å². The quantitative estimate of drug-likeness (QED) is 0.641.